The first-order valence-corrected chi connectivity index (χ1v) is 7.10. The molecule has 0 bridgehead atoms. The smallest absolute Gasteiger partial charge is 0.150 e. The Hall–Kier alpha value is -2.74. The molecule has 2 rings (SSSR count). The minimum absolute atomic E-state index is 0.374. The summed E-state index contributed by atoms with van der Waals surface area (Å²) in [6, 6.07) is 15.6. The van der Waals surface area contributed by atoms with Gasteiger partial charge >= 0.3 is 0 Å². The van der Waals surface area contributed by atoms with Crippen LogP contribution in [0.3, 0.4) is 0 Å². The molecule has 2 aromatic carbocycles. The summed E-state index contributed by atoms with van der Waals surface area (Å²) in [5.74, 6) is 0. The first-order chi connectivity index (χ1) is 10.6. The molecule has 2 nitrogen and oxygen atoms in total. The van der Waals surface area contributed by atoms with Crippen LogP contribution < -0.4 is 0 Å². The minimum atomic E-state index is 0.374. The molecule has 0 heterocycles. The van der Waals surface area contributed by atoms with E-state index in [1.54, 1.807) is 12.2 Å². The lowest BCUT2D eigenvalue weighted by molar-refractivity contribution is -0.107. The fourth-order valence-electron chi connectivity index (χ4n) is 2.06. The number of allylic oxidation sites excluding steroid dienone is 2. The Labute approximate surface area is 130 Å². The SMILES string of the molecule is Cc1ccc(C=C(C=O)C(C=O)=Cc2ccc(C)cc2)cc1. The van der Waals surface area contributed by atoms with E-state index >= 15 is 0 Å². The molecule has 2 heteroatoms. The molecule has 2 aromatic rings. The maximum Gasteiger partial charge on any atom is 0.150 e. The van der Waals surface area contributed by atoms with E-state index in [-0.39, 0.29) is 0 Å². The van der Waals surface area contributed by atoms with E-state index in [1.165, 1.54) is 0 Å². The molecule has 0 spiro atoms. The molecule has 110 valence electrons. The van der Waals surface area contributed by atoms with E-state index in [0.717, 1.165) is 22.3 Å². The minimum Gasteiger partial charge on any atom is -0.298 e. The molecule has 0 atom stereocenters. The van der Waals surface area contributed by atoms with E-state index in [1.807, 2.05) is 62.4 Å². The van der Waals surface area contributed by atoms with Crippen molar-refractivity contribution >= 4 is 24.7 Å². The number of hydrogen-bond acceptors (Lipinski definition) is 2. The molecule has 0 aliphatic heterocycles. The van der Waals surface area contributed by atoms with Gasteiger partial charge in [-0.25, -0.2) is 0 Å². The zero-order valence-corrected chi connectivity index (χ0v) is 12.7. The second-order valence-electron chi connectivity index (χ2n) is 5.26. The molecule has 0 saturated heterocycles. The van der Waals surface area contributed by atoms with Gasteiger partial charge < -0.3 is 0 Å². The van der Waals surface area contributed by atoms with Gasteiger partial charge in [0.15, 0.2) is 12.6 Å². The van der Waals surface area contributed by atoms with Crippen molar-refractivity contribution in [1.29, 1.82) is 0 Å². The summed E-state index contributed by atoms with van der Waals surface area (Å²) >= 11 is 0. The highest BCUT2D eigenvalue weighted by atomic mass is 16.1. The number of rotatable bonds is 5. The Morgan fingerprint density at radius 2 is 0.955 bits per heavy atom. The molecule has 0 N–H and O–H groups in total. The predicted molar refractivity (Wildman–Crippen MR) is 90.4 cm³/mol. The van der Waals surface area contributed by atoms with Crippen molar-refractivity contribution in [1.82, 2.24) is 0 Å². The van der Waals surface area contributed by atoms with Crippen LogP contribution >= 0.6 is 0 Å². The third kappa shape index (κ3) is 4.13. The van der Waals surface area contributed by atoms with Crippen LogP contribution in [0.4, 0.5) is 0 Å². The lowest BCUT2D eigenvalue weighted by Crippen LogP contribution is -1.93. The maximum absolute atomic E-state index is 11.4. The highest BCUT2D eigenvalue weighted by molar-refractivity contribution is 6.02. The van der Waals surface area contributed by atoms with Gasteiger partial charge in [0.2, 0.25) is 0 Å². The number of benzene rings is 2. The average Bonchev–Trinajstić information content (AvgIpc) is 2.54. The molecule has 22 heavy (non-hydrogen) atoms. The van der Waals surface area contributed by atoms with Crippen molar-refractivity contribution in [3.63, 3.8) is 0 Å². The first-order valence-electron chi connectivity index (χ1n) is 7.10. The van der Waals surface area contributed by atoms with Crippen LogP contribution in [0.5, 0.6) is 0 Å². The number of carbonyl (C=O) groups is 2. The molecular formula is C20H18O2. The van der Waals surface area contributed by atoms with Gasteiger partial charge in [0.1, 0.15) is 0 Å². The Balaban J connectivity index is 2.37. The molecule has 0 aliphatic rings. The third-order valence-electron chi connectivity index (χ3n) is 3.39. The summed E-state index contributed by atoms with van der Waals surface area (Å²) in [5.41, 5.74) is 4.83. The molecule has 0 aromatic heterocycles. The number of aryl methyl sites for hydroxylation is 2. The quantitative estimate of drug-likeness (QED) is 0.470. The molecule has 0 radical (unpaired) electrons. The van der Waals surface area contributed by atoms with Gasteiger partial charge in [-0.05, 0) is 37.1 Å². The van der Waals surface area contributed by atoms with Gasteiger partial charge in [-0.2, -0.15) is 0 Å². The second kappa shape index (κ2) is 7.32. The lowest BCUT2D eigenvalue weighted by atomic mass is 10.0. The van der Waals surface area contributed by atoms with Crippen molar-refractivity contribution in [2.75, 3.05) is 0 Å². The Morgan fingerprint density at radius 1 is 0.636 bits per heavy atom. The summed E-state index contributed by atoms with van der Waals surface area (Å²) in [6.45, 7) is 4.00. The van der Waals surface area contributed by atoms with Crippen LogP contribution in [-0.4, -0.2) is 12.6 Å². The van der Waals surface area contributed by atoms with Crippen molar-refractivity contribution in [3.05, 3.63) is 81.9 Å². The summed E-state index contributed by atoms with van der Waals surface area (Å²) in [6.07, 6.45) is 4.88. The monoisotopic (exact) mass is 290 g/mol. The Bertz CT molecular complexity index is 652. The van der Waals surface area contributed by atoms with Gasteiger partial charge in [-0.15, -0.1) is 0 Å². The fraction of sp³-hybridized carbons (Fsp3) is 0.100. The zero-order chi connectivity index (χ0) is 15.9. The molecule has 0 unspecified atom stereocenters. The van der Waals surface area contributed by atoms with Crippen LogP contribution in [0.15, 0.2) is 59.7 Å². The highest BCUT2D eigenvalue weighted by Crippen LogP contribution is 2.16. The van der Waals surface area contributed by atoms with Gasteiger partial charge in [-0.3, -0.25) is 9.59 Å². The molecule has 0 fully saturated rings. The van der Waals surface area contributed by atoms with Crippen molar-refractivity contribution in [2.24, 2.45) is 0 Å². The summed E-state index contributed by atoms with van der Waals surface area (Å²) < 4.78 is 0. The van der Waals surface area contributed by atoms with Gasteiger partial charge in [0.25, 0.3) is 0 Å². The lowest BCUT2D eigenvalue weighted by Gasteiger charge is -2.02. The number of carbonyl (C=O) groups excluding carboxylic acids is 2. The molecule has 0 amide bonds. The predicted octanol–water partition coefficient (Wildman–Crippen LogP) is 4.17. The average molecular weight is 290 g/mol. The van der Waals surface area contributed by atoms with Gasteiger partial charge in [0.05, 0.1) is 0 Å². The van der Waals surface area contributed by atoms with Crippen LogP contribution in [0.1, 0.15) is 22.3 Å². The fourth-order valence-corrected chi connectivity index (χ4v) is 2.06. The largest absolute Gasteiger partial charge is 0.298 e. The number of aldehydes is 2. The van der Waals surface area contributed by atoms with Crippen LogP contribution in [0.2, 0.25) is 0 Å². The van der Waals surface area contributed by atoms with Crippen molar-refractivity contribution in [2.45, 2.75) is 13.8 Å². The van der Waals surface area contributed by atoms with Crippen LogP contribution in [0, 0.1) is 13.8 Å². The Kier molecular flexibility index (Phi) is 5.21. The van der Waals surface area contributed by atoms with E-state index < -0.39 is 0 Å². The van der Waals surface area contributed by atoms with Crippen LogP contribution in [-0.2, 0) is 9.59 Å². The van der Waals surface area contributed by atoms with Gasteiger partial charge in [-0.1, -0.05) is 59.7 Å². The molecular weight excluding hydrogens is 272 g/mol. The number of hydrogen-bond donors (Lipinski definition) is 0. The Morgan fingerprint density at radius 3 is 1.23 bits per heavy atom. The summed E-state index contributed by atoms with van der Waals surface area (Å²) in [4.78, 5) is 22.7. The second-order valence-corrected chi connectivity index (χ2v) is 5.26. The topological polar surface area (TPSA) is 34.1 Å². The van der Waals surface area contributed by atoms with E-state index in [0.29, 0.717) is 23.7 Å². The van der Waals surface area contributed by atoms with E-state index in [4.69, 9.17) is 0 Å². The zero-order valence-electron chi connectivity index (χ0n) is 12.7. The summed E-state index contributed by atoms with van der Waals surface area (Å²) in [5, 5.41) is 0. The van der Waals surface area contributed by atoms with Crippen molar-refractivity contribution in [3.8, 4) is 0 Å². The highest BCUT2D eigenvalue weighted by Gasteiger charge is 2.04. The normalized spacial score (nSPS) is 12.1. The van der Waals surface area contributed by atoms with E-state index in [9.17, 15) is 9.59 Å². The standard InChI is InChI=1S/C20H18O2/c1-15-3-7-17(8-4-15)11-19(13-21)20(14-22)12-18-9-5-16(2)6-10-18/h3-14H,1-2H3. The summed E-state index contributed by atoms with van der Waals surface area (Å²) in [7, 11) is 0. The van der Waals surface area contributed by atoms with Crippen LogP contribution in [0.25, 0.3) is 12.2 Å². The third-order valence-corrected chi connectivity index (χ3v) is 3.39. The van der Waals surface area contributed by atoms with Crippen molar-refractivity contribution < 1.29 is 9.59 Å². The van der Waals surface area contributed by atoms with Gasteiger partial charge in [0, 0.05) is 11.1 Å². The molecule has 0 saturated carbocycles. The first kappa shape index (κ1) is 15.6. The molecule has 0 aliphatic carbocycles. The van der Waals surface area contributed by atoms with E-state index in [2.05, 4.69) is 0 Å². The maximum atomic E-state index is 11.4.